The van der Waals surface area contributed by atoms with Crippen LogP contribution in [0, 0.1) is 0 Å². The van der Waals surface area contributed by atoms with Crippen molar-refractivity contribution in [3.05, 3.63) is 27.7 Å². The van der Waals surface area contributed by atoms with Crippen molar-refractivity contribution < 1.29 is 0 Å². The largest absolute Gasteiger partial charge is 0.195 e. The molecule has 0 fully saturated rings. The molecular weight excluding hydrogens is 246 g/mol. The van der Waals surface area contributed by atoms with Gasteiger partial charge in [0.15, 0.2) is 0 Å². The van der Waals surface area contributed by atoms with Gasteiger partial charge in [0, 0.05) is 9.50 Å². The Hall–Kier alpha value is -0.210. The van der Waals surface area contributed by atoms with Crippen molar-refractivity contribution in [1.82, 2.24) is 0 Å². The van der Waals surface area contributed by atoms with Gasteiger partial charge in [-0.1, -0.05) is 27.5 Å². The Bertz CT molecular complexity index is 300. The highest BCUT2D eigenvalue weighted by atomic mass is 79.9. The van der Waals surface area contributed by atoms with Gasteiger partial charge in [0.05, 0.1) is 10.8 Å². The summed E-state index contributed by atoms with van der Waals surface area (Å²) in [7, 11) is 0. The number of hydrogen-bond donors (Lipinski definition) is 0. The number of rotatable bonds is 1. The lowest BCUT2D eigenvalue weighted by Gasteiger charge is -1.93. The molecule has 1 nitrogen and oxygen atoms in total. The topological polar surface area (TPSA) is 12.4 Å². The fraction of sp³-hybridized carbons (Fsp3) is 0. The quantitative estimate of drug-likeness (QED) is 0.543. The van der Waals surface area contributed by atoms with E-state index in [0.717, 1.165) is 4.47 Å². The maximum atomic E-state index is 5.73. The number of thiocarbonyl (C=S) groups is 1. The molecule has 0 aliphatic carbocycles. The summed E-state index contributed by atoms with van der Waals surface area (Å²) >= 11 is 13.5. The Morgan fingerprint density at radius 3 is 2.73 bits per heavy atom. The second-order valence-corrected chi connectivity index (χ2v) is 3.37. The molecule has 0 aliphatic rings. The lowest BCUT2D eigenvalue weighted by Crippen LogP contribution is -1.67. The first-order chi connectivity index (χ1) is 5.22. The van der Waals surface area contributed by atoms with Crippen LogP contribution in [-0.4, -0.2) is 5.16 Å². The van der Waals surface area contributed by atoms with E-state index in [2.05, 4.69) is 38.3 Å². The van der Waals surface area contributed by atoms with E-state index in [4.69, 9.17) is 11.6 Å². The van der Waals surface area contributed by atoms with Crippen LogP contribution in [0.15, 0.2) is 27.7 Å². The van der Waals surface area contributed by atoms with Crippen LogP contribution in [0.4, 0.5) is 5.69 Å². The first-order valence-corrected chi connectivity index (χ1v) is 4.34. The second kappa shape index (κ2) is 3.98. The monoisotopic (exact) mass is 247 g/mol. The number of aliphatic imine (C=N–C) groups is 1. The molecule has 56 valence electrons. The van der Waals surface area contributed by atoms with Crippen LogP contribution in [0.3, 0.4) is 0 Å². The maximum Gasteiger partial charge on any atom is 0.0765 e. The summed E-state index contributed by atoms with van der Waals surface area (Å²) in [6.45, 7) is 0. The minimum absolute atomic E-state index is 0.628. The SMILES string of the molecule is S=C=Nc1cc(Cl)cc(Br)c1. The number of nitrogens with zero attached hydrogens (tertiary/aromatic N) is 1. The molecule has 0 bridgehead atoms. The lowest BCUT2D eigenvalue weighted by molar-refractivity contribution is 1.53. The molecule has 0 atom stereocenters. The third-order valence-electron chi connectivity index (χ3n) is 1.02. The van der Waals surface area contributed by atoms with Crippen LogP contribution in [0.5, 0.6) is 0 Å². The third kappa shape index (κ3) is 2.72. The number of benzene rings is 1. The minimum atomic E-state index is 0.628. The van der Waals surface area contributed by atoms with Crippen molar-refractivity contribution in [3.8, 4) is 0 Å². The van der Waals surface area contributed by atoms with Crippen LogP contribution in [0.2, 0.25) is 5.02 Å². The van der Waals surface area contributed by atoms with Gasteiger partial charge in [-0.2, -0.15) is 4.99 Å². The van der Waals surface area contributed by atoms with E-state index in [1.165, 1.54) is 0 Å². The summed E-state index contributed by atoms with van der Waals surface area (Å²) in [5.41, 5.74) is 0.708. The molecule has 0 radical (unpaired) electrons. The zero-order chi connectivity index (χ0) is 8.27. The van der Waals surface area contributed by atoms with Crippen LogP contribution in [-0.2, 0) is 0 Å². The van der Waals surface area contributed by atoms with E-state index in [1.807, 2.05) is 6.07 Å². The average molecular weight is 249 g/mol. The van der Waals surface area contributed by atoms with E-state index in [1.54, 1.807) is 12.1 Å². The summed E-state index contributed by atoms with van der Waals surface area (Å²) in [6, 6.07) is 5.31. The Morgan fingerprint density at radius 1 is 1.45 bits per heavy atom. The summed E-state index contributed by atoms with van der Waals surface area (Å²) in [4.78, 5) is 3.78. The van der Waals surface area contributed by atoms with Crippen LogP contribution < -0.4 is 0 Å². The molecule has 4 heteroatoms. The molecule has 11 heavy (non-hydrogen) atoms. The van der Waals surface area contributed by atoms with E-state index in [-0.39, 0.29) is 0 Å². The summed E-state index contributed by atoms with van der Waals surface area (Å²) in [5, 5.41) is 2.90. The van der Waals surface area contributed by atoms with Crippen LogP contribution in [0.25, 0.3) is 0 Å². The predicted octanol–water partition coefficient (Wildman–Crippen LogP) is 3.84. The molecule has 0 spiro atoms. The molecule has 0 saturated heterocycles. The summed E-state index contributed by atoms with van der Waals surface area (Å²) < 4.78 is 0.883. The zero-order valence-electron chi connectivity index (χ0n) is 5.34. The Balaban J connectivity index is 3.18. The molecule has 0 unspecified atom stereocenters. The molecule has 0 saturated carbocycles. The highest BCUT2D eigenvalue weighted by molar-refractivity contribution is 9.10. The van der Waals surface area contributed by atoms with Gasteiger partial charge in [0.2, 0.25) is 0 Å². The van der Waals surface area contributed by atoms with E-state index in [0.29, 0.717) is 10.7 Å². The van der Waals surface area contributed by atoms with Crippen molar-refractivity contribution >= 4 is 50.6 Å². The number of isothiocyanates is 1. The number of hydrogen-bond acceptors (Lipinski definition) is 2. The second-order valence-electron chi connectivity index (χ2n) is 1.83. The molecule has 1 rings (SSSR count). The molecule has 0 N–H and O–H groups in total. The minimum Gasteiger partial charge on any atom is -0.195 e. The van der Waals surface area contributed by atoms with Gasteiger partial charge in [-0.25, -0.2) is 0 Å². The third-order valence-corrected chi connectivity index (χ3v) is 1.79. The van der Waals surface area contributed by atoms with Crippen LogP contribution in [0.1, 0.15) is 0 Å². The lowest BCUT2D eigenvalue weighted by atomic mass is 10.3. The van der Waals surface area contributed by atoms with Gasteiger partial charge < -0.3 is 0 Å². The average Bonchev–Trinajstić information content (AvgIpc) is 1.85. The molecule has 0 aliphatic heterocycles. The van der Waals surface area contributed by atoms with E-state index < -0.39 is 0 Å². The highest BCUT2D eigenvalue weighted by Crippen LogP contribution is 2.24. The fourth-order valence-corrected chi connectivity index (χ4v) is 1.60. The van der Waals surface area contributed by atoms with Gasteiger partial charge >= 0.3 is 0 Å². The predicted molar refractivity (Wildman–Crippen MR) is 53.8 cm³/mol. The van der Waals surface area contributed by atoms with E-state index in [9.17, 15) is 0 Å². The van der Waals surface area contributed by atoms with E-state index >= 15 is 0 Å². The highest BCUT2D eigenvalue weighted by Gasteiger charge is 1.94. The Kier molecular flexibility index (Phi) is 3.21. The fourth-order valence-electron chi connectivity index (χ4n) is 0.657. The van der Waals surface area contributed by atoms with Gasteiger partial charge in [-0.05, 0) is 30.4 Å². The van der Waals surface area contributed by atoms with Gasteiger partial charge in [0.1, 0.15) is 0 Å². The molecule has 0 aromatic heterocycles. The first-order valence-electron chi connectivity index (χ1n) is 2.76. The van der Waals surface area contributed by atoms with Gasteiger partial charge in [0.25, 0.3) is 0 Å². The molecule has 0 amide bonds. The van der Waals surface area contributed by atoms with Gasteiger partial charge in [-0.3, -0.25) is 0 Å². The maximum absolute atomic E-state index is 5.73. The smallest absolute Gasteiger partial charge is 0.0765 e. The normalized spacial score (nSPS) is 8.91. The standard InChI is InChI=1S/C7H3BrClNS/c8-5-1-6(9)3-7(2-5)10-4-11/h1-3H. The Labute approximate surface area is 83.2 Å². The van der Waals surface area contributed by atoms with Gasteiger partial charge in [-0.15, -0.1) is 0 Å². The van der Waals surface area contributed by atoms with Crippen LogP contribution >= 0.6 is 39.7 Å². The van der Waals surface area contributed by atoms with Crippen molar-refractivity contribution in [2.24, 2.45) is 4.99 Å². The first kappa shape index (κ1) is 8.88. The van der Waals surface area contributed by atoms with Crippen molar-refractivity contribution in [1.29, 1.82) is 0 Å². The van der Waals surface area contributed by atoms with Crippen molar-refractivity contribution in [2.45, 2.75) is 0 Å². The Morgan fingerprint density at radius 2 is 2.18 bits per heavy atom. The molecule has 0 heterocycles. The summed E-state index contributed by atoms with van der Waals surface area (Å²) in [6.07, 6.45) is 0. The summed E-state index contributed by atoms with van der Waals surface area (Å²) in [5.74, 6) is 0. The molecule has 1 aromatic carbocycles. The zero-order valence-corrected chi connectivity index (χ0v) is 8.50. The molecular formula is C7H3BrClNS. The number of halogens is 2. The van der Waals surface area contributed by atoms with Crippen molar-refractivity contribution in [3.63, 3.8) is 0 Å². The van der Waals surface area contributed by atoms with Crippen molar-refractivity contribution in [2.75, 3.05) is 0 Å². The molecule has 1 aromatic rings.